The number of hydrogen-bond acceptors (Lipinski definition) is 4. The Morgan fingerprint density at radius 1 is 1.30 bits per heavy atom. The maximum absolute atomic E-state index is 11.9. The van der Waals surface area contributed by atoms with E-state index >= 15 is 0 Å². The summed E-state index contributed by atoms with van der Waals surface area (Å²) >= 11 is 0. The molecule has 0 aliphatic heterocycles. The second-order valence-corrected chi connectivity index (χ2v) is 6.73. The van der Waals surface area contributed by atoms with Gasteiger partial charge in [-0.2, -0.15) is 0 Å². The first-order chi connectivity index (χ1) is 9.23. The Bertz CT molecular complexity index is 311. The van der Waals surface area contributed by atoms with Gasteiger partial charge in [0.05, 0.1) is 6.10 Å². The highest BCUT2D eigenvalue weighted by atomic mass is 16.6. The highest BCUT2D eigenvalue weighted by molar-refractivity contribution is 5.68. The van der Waals surface area contributed by atoms with E-state index in [1.807, 2.05) is 27.7 Å². The number of carbonyl (C=O) groups is 1. The van der Waals surface area contributed by atoms with Crippen molar-refractivity contribution in [1.82, 2.24) is 10.6 Å². The topological polar surface area (TPSA) is 59.6 Å². The fraction of sp³-hybridized carbons (Fsp3) is 0.933. The first-order valence-corrected chi connectivity index (χ1v) is 7.48. The van der Waals surface area contributed by atoms with Crippen molar-refractivity contribution in [3.05, 3.63) is 0 Å². The second-order valence-electron chi connectivity index (χ2n) is 6.73. The van der Waals surface area contributed by atoms with Gasteiger partial charge in [-0.3, -0.25) is 0 Å². The third-order valence-corrected chi connectivity index (χ3v) is 3.63. The molecule has 3 atom stereocenters. The molecular formula is C15H30N2O3. The van der Waals surface area contributed by atoms with Crippen LogP contribution < -0.4 is 10.6 Å². The van der Waals surface area contributed by atoms with E-state index < -0.39 is 5.60 Å². The lowest BCUT2D eigenvalue weighted by Gasteiger charge is -2.26. The fourth-order valence-electron chi connectivity index (χ4n) is 1.98. The molecular weight excluding hydrogens is 256 g/mol. The van der Waals surface area contributed by atoms with Crippen LogP contribution in [0.5, 0.6) is 0 Å². The predicted molar refractivity (Wildman–Crippen MR) is 79.8 cm³/mol. The van der Waals surface area contributed by atoms with E-state index in [-0.39, 0.29) is 24.3 Å². The summed E-state index contributed by atoms with van der Waals surface area (Å²) in [4.78, 5) is 11.9. The summed E-state index contributed by atoms with van der Waals surface area (Å²) in [6.45, 7) is 10.5. The molecule has 0 heterocycles. The number of nitrogens with one attached hydrogen (secondary N) is 2. The van der Waals surface area contributed by atoms with Crippen molar-refractivity contribution >= 4 is 6.09 Å². The molecule has 3 unspecified atom stereocenters. The van der Waals surface area contributed by atoms with Gasteiger partial charge in [-0.1, -0.05) is 0 Å². The number of hydrogen-bond donors (Lipinski definition) is 2. The number of ether oxygens (including phenoxy) is 2. The van der Waals surface area contributed by atoms with Crippen LogP contribution in [0.3, 0.4) is 0 Å². The van der Waals surface area contributed by atoms with Gasteiger partial charge in [0, 0.05) is 25.7 Å². The van der Waals surface area contributed by atoms with E-state index in [1.54, 1.807) is 7.11 Å². The highest BCUT2D eigenvalue weighted by Crippen LogP contribution is 2.32. The van der Waals surface area contributed by atoms with Crippen molar-refractivity contribution in [3.8, 4) is 0 Å². The van der Waals surface area contributed by atoms with Crippen LogP contribution in [0.1, 0.15) is 47.5 Å². The van der Waals surface area contributed by atoms with Gasteiger partial charge in [-0.05, 0) is 53.4 Å². The summed E-state index contributed by atoms with van der Waals surface area (Å²) in [6, 6.07) is 0.387. The summed E-state index contributed by atoms with van der Waals surface area (Å²) in [5, 5.41) is 6.41. The largest absolute Gasteiger partial charge is 0.444 e. The van der Waals surface area contributed by atoms with Gasteiger partial charge in [0.2, 0.25) is 0 Å². The summed E-state index contributed by atoms with van der Waals surface area (Å²) < 4.78 is 10.6. The smallest absolute Gasteiger partial charge is 0.407 e. The molecule has 0 bridgehead atoms. The first-order valence-electron chi connectivity index (χ1n) is 7.48. The molecule has 1 amide bonds. The number of amides is 1. The maximum Gasteiger partial charge on any atom is 0.407 e. The van der Waals surface area contributed by atoms with Crippen LogP contribution in [0.2, 0.25) is 0 Å². The average molecular weight is 286 g/mol. The molecule has 5 nitrogen and oxygen atoms in total. The molecule has 0 aromatic rings. The predicted octanol–water partition coefficient (Wildman–Crippen LogP) is 2.30. The average Bonchev–Trinajstić information content (AvgIpc) is 3.14. The lowest BCUT2D eigenvalue weighted by Crippen LogP contribution is -2.49. The minimum absolute atomic E-state index is 0.136. The lowest BCUT2D eigenvalue weighted by atomic mass is 10.1. The number of carbonyl (C=O) groups excluding carboxylic acids is 1. The highest BCUT2D eigenvalue weighted by Gasteiger charge is 2.33. The van der Waals surface area contributed by atoms with Gasteiger partial charge in [0.25, 0.3) is 0 Å². The van der Waals surface area contributed by atoms with Crippen LogP contribution in [0.15, 0.2) is 0 Å². The molecule has 1 fully saturated rings. The van der Waals surface area contributed by atoms with Crippen LogP contribution in [-0.2, 0) is 9.47 Å². The van der Waals surface area contributed by atoms with Crippen molar-refractivity contribution in [2.24, 2.45) is 5.92 Å². The minimum atomic E-state index is -0.455. The van der Waals surface area contributed by atoms with Crippen LogP contribution in [0.4, 0.5) is 4.79 Å². The van der Waals surface area contributed by atoms with Gasteiger partial charge in [0.15, 0.2) is 0 Å². The third kappa shape index (κ3) is 6.57. The summed E-state index contributed by atoms with van der Waals surface area (Å²) in [5.74, 6) is 0.570. The van der Waals surface area contributed by atoms with Crippen molar-refractivity contribution in [1.29, 1.82) is 0 Å². The molecule has 0 aromatic carbocycles. The summed E-state index contributed by atoms with van der Waals surface area (Å²) in [5.41, 5.74) is -0.455. The zero-order valence-corrected chi connectivity index (χ0v) is 13.7. The fourth-order valence-corrected chi connectivity index (χ4v) is 1.98. The van der Waals surface area contributed by atoms with Crippen LogP contribution in [-0.4, -0.2) is 43.5 Å². The summed E-state index contributed by atoms with van der Waals surface area (Å²) in [7, 11) is 1.71. The standard InChI is InChI=1S/C15H30N2O3/c1-10(11(2)19-6)16-9-13(12-7-8-12)17-14(18)20-15(3,4)5/h10-13,16H,7-9H2,1-6H3,(H,17,18). The normalized spacial score (nSPS) is 20.1. The van der Waals surface area contributed by atoms with Gasteiger partial charge in [-0.15, -0.1) is 0 Å². The molecule has 2 N–H and O–H groups in total. The molecule has 0 aromatic heterocycles. The molecule has 1 rings (SSSR count). The number of alkyl carbamates (subject to hydrolysis) is 1. The molecule has 20 heavy (non-hydrogen) atoms. The van der Waals surface area contributed by atoms with Crippen molar-refractivity contribution in [2.45, 2.75) is 71.2 Å². The van der Waals surface area contributed by atoms with Crippen molar-refractivity contribution < 1.29 is 14.3 Å². The minimum Gasteiger partial charge on any atom is -0.444 e. The van der Waals surface area contributed by atoms with Gasteiger partial charge in [0.1, 0.15) is 5.60 Å². The molecule has 5 heteroatoms. The molecule has 118 valence electrons. The Morgan fingerprint density at radius 2 is 1.90 bits per heavy atom. The van der Waals surface area contributed by atoms with Crippen LogP contribution >= 0.6 is 0 Å². The monoisotopic (exact) mass is 286 g/mol. The molecule has 0 saturated heterocycles. The molecule has 1 aliphatic rings. The van der Waals surface area contributed by atoms with Crippen LogP contribution in [0, 0.1) is 5.92 Å². The van der Waals surface area contributed by atoms with E-state index in [1.165, 1.54) is 12.8 Å². The molecule has 1 saturated carbocycles. The maximum atomic E-state index is 11.9. The zero-order valence-electron chi connectivity index (χ0n) is 13.7. The van der Waals surface area contributed by atoms with Crippen LogP contribution in [0.25, 0.3) is 0 Å². The van der Waals surface area contributed by atoms with Gasteiger partial charge in [-0.25, -0.2) is 4.79 Å². The quantitative estimate of drug-likeness (QED) is 0.754. The van der Waals surface area contributed by atoms with Gasteiger partial charge < -0.3 is 20.1 Å². The Balaban J connectivity index is 2.39. The first kappa shape index (κ1) is 17.2. The number of rotatable bonds is 7. The van der Waals surface area contributed by atoms with Crippen molar-refractivity contribution in [2.75, 3.05) is 13.7 Å². The Kier molecular flexibility index (Phi) is 6.27. The SMILES string of the molecule is COC(C)C(C)NCC(NC(=O)OC(C)(C)C)C1CC1. The van der Waals surface area contributed by atoms with E-state index in [0.29, 0.717) is 5.92 Å². The number of methoxy groups -OCH3 is 1. The Labute approximate surface area is 122 Å². The van der Waals surface area contributed by atoms with E-state index in [9.17, 15) is 4.79 Å². The third-order valence-electron chi connectivity index (χ3n) is 3.63. The van der Waals surface area contributed by atoms with E-state index in [0.717, 1.165) is 6.54 Å². The van der Waals surface area contributed by atoms with Crippen molar-refractivity contribution in [3.63, 3.8) is 0 Å². The Morgan fingerprint density at radius 3 is 2.35 bits per heavy atom. The summed E-state index contributed by atoms with van der Waals surface area (Å²) in [6.07, 6.45) is 2.17. The molecule has 0 spiro atoms. The zero-order chi connectivity index (χ0) is 15.3. The van der Waals surface area contributed by atoms with E-state index in [4.69, 9.17) is 9.47 Å². The Hall–Kier alpha value is -0.810. The molecule has 0 radical (unpaired) electrons. The molecule has 1 aliphatic carbocycles. The van der Waals surface area contributed by atoms with Gasteiger partial charge >= 0.3 is 6.09 Å². The second kappa shape index (κ2) is 7.27. The lowest BCUT2D eigenvalue weighted by molar-refractivity contribution is 0.0491. The van der Waals surface area contributed by atoms with E-state index in [2.05, 4.69) is 17.6 Å².